The fourth-order valence-electron chi connectivity index (χ4n) is 1.92. The summed E-state index contributed by atoms with van der Waals surface area (Å²) in [6, 6.07) is 7.76. The van der Waals surface area contributed by atoms with Crippen LogP contribution >= 0.6 is 27.3 Å². The molecule has 0 fully saturated rings. The number of aromatic nitrogens is 2. The minimum absolute atomic E-state index is 0.589. The molecule has 0 amide bonds. The highest BCUT2D eigenvalue weighted by Gasteiger charge is 2.10. The van der Waals surface area contributed by atoms with E-state index in [0.29, 0.717) is 5.95 Å². The lowest BCUT2D eigenvalue weighted by Crippen LogP contribution is -2.01. The van der Waals surface area contributed by atoms with Crippen LogP contribution in [0.25, 0.3) is 10.2 Å². The number of rotatable bonds is 4. The summed E-state index contributed by atoms with van der Waals surface area (Å²) < 4.78 is 6.20. The SMILES string of the molecule is CNc1nc(Nc2cc(OC)ccc2Br)c2ccsc2n1. The second-order valence-corrected chi connectivity index (χ2v) is 6.00. The van der Waals surface area contributed by atoms with E-state index in [2.05, 4.69) is 36.5 Å². The van der Waals surface area contributed by atoms with Gasteiger partial charge < -0.3 is 15.4 Å². The molecular weight excluding hydrogens is 352 g/mol. The van der Waals surface area contributed by atoms with E-state index in [1.807, 2.05) is 29.6 Å². The van der Waals surface area contributed by atoms with Gasteiger partial charge >= 0.3 is 0 Å². The molecule has 108 valence electrons. The van der Waals surface area contributed by atoms with Gasteiger partial charge in [-0.2, -0.15) is 4.98 Å². The van der Waals surface area contributed by atoms with Crippen molar-refractivity contribution in [2.45, 2.75) is 0 Å². The predicted octanol–water partition coefficient (Wildman–Crippen LogP) is 4.25. The van der Waals surface area contributed by atoms with Crippen LogP contribution in [0.4, 0.5) is 17.5 Å². The Morgan fingerprint density at radius 1 is 1.24 bits per heavy atom. The first-order valence-corrected chi connectivity index (χ1v) is 7.92. The third kappa shape index (κ3) is 2.79. The van der Waals surface area contributed by atoms with Gasteiger partial charge in [0, 0.05) is 17.6 Å². The molecule has 0 radical (unpaired) electrons. The molecule has 21 heavy (non-hydrogen) atoms. The van der Waals surface area contributed by atoms with E-state index in [9.17, 15) is 0 Å². The van der Waals surface area contributed by atoms with Crippen molar-refractivity contribution in [1.29, 1.82) is 0 Å². The Morgan fingerprint density at radius 3 is 2.86 bits per heavy atom. The molecule has 0 aliphatic heterocycles. The number of hydrogen-bond donors (Lipinski definition) is 2. The van der Waals surface area contributed by atoms with Crippen molar-refractivity contribution in [3.8, 4) is 5.75 Å². The second-order valence-electron chi connectivity index (χ2n) is 4.26. The average molecular weight is 365 g/mol. The van der Waals surface area contributed by atoms with Gasteiger partial charge in [0.05, 0.1) is 18.2 Å². The van der Waals surface area contributed by atoms with Crippen molar-refractivity contribution in [2.24, 2.45) is 0 Å². The lowest BCUT2D eigenvalue weighted by Gasteiger charge is -2.11. The van der Waals surface area contributed by atoms with E-state index in [-0.39, 0.29) is 0 Å². The highest BCUT2D eigenvalue weighted by molar-refractivity contribution is 9.10. The summed E-state index contributed by atoms with van der Waals surface area (Å²) in [6.07, 6.45) is 0. The maximum atomic E-state index is 5.26. The normalized spacial score (nSPS) is 10.6. The van der Waals surface area contributed by atoms with Crippen LogP contribution < -0.4 is 15.4 Å². The fourth-order valence-corrected chi connectivity index (χ4v) is 3.03. The molecule has 0 unspecified atom stereocenters. The van der Waals surface area contributed by atoms with Crippen LogP contribution in [-0.2, 0) is 0 Å². The van der Waals surface area contributed by atoms with Crippen molar-refractivity contribution >= 4 is 54.9 Å². The van der Waals surface area contributed by atoms with E-state index in [4.69, 9.17) is 4.74 Å². The lowest BCUT2D eigenvalue weighted by atomic mass is 10.3. The number of nitrogens with zero attached hydrogens (tertiary/aromatic N) is 2. The summed E-state index contributed by atoms with van der Waals surface area (Å²) in [5.41, 5.74) is 0.891. The van der Waals surface area contributed by atoms with Crippen LogP contribution in [0.1, 0.15) is 0 Å². The molecule has 7 heteroatoms. The molecule has 2 aromatic heterocycles. The standard InChI is InChI=1S/C14H13BrN4OS/c1-16-14-18-12(9-5-6-21-13(9)19-14)17-11-7-8(20-2)3-4-10(11)15/h3-7H,1-2H3,(H2,16,17,18,19). The first-order valence-electron chi connectivity index (χ1n) is 6.25. The third-order valence-electron chi connectivity index (χ3n) is 2.98. The summed E-state index contributed by atoms with van der Waals surface area (Å²) in [5.74, 6) is 2.14. The summed E-state index contributed by atoms with van der Waals surface area (Å²) in [6.45, 7) is 0. The number of thiophene rings is 1. The molecule has 0 spiro atoms. The molecule has 2 heterocycles. The molecule has 0 aliphatic rings. The van der Waals surface area contributed by atoms with Crippen molar-refractivity contribution in [3.05, 3.63) is 34.1 Å². The van der Waals surface area contributed by atoms with Crippen LogP contribution in [0.15, 0.2) is 34.1 Å². The number of anilines is 3. The van der Waals surface area contributed by atoms with Crippen molar-refractivity contribution < 1.29 is 4.74 Å². The Bertz CT molecular complexity index is 790. The second kappa shape index (κ2) is 5.87. The van der Waals surface area contributed by atoms with Gasteiger partial charge in [-0.1, -0.05) is 0 Å². The largest absolute Gasteiger partial charge is 0.497 e. The highest BCUT2D eigenvalue weighted by atomic mass is 79.9. The first kappa shape index (κ1) is 14.1. The molecule has 3 aromatic rings. The Labute approximate surface area is 134 Å². The molecule has 0 saturated carbocycles. The predicted molar refractivity (Wildman–Crippen MR) is 90.9 cm³/mol. The fraction of sp³-hybridized carbons (Fsp3) is 0.143. The van der Waals surface area contributed by atoms with Crippen molar-refractivity contribution in [3.63, 3.8) is 0 Å². The molecule has 3 rings (SSSR count). The van der Waals surface area contributed by atoms with E-state index < -0.39 is 0 Å². The van der Waals surface area contributed by atoms with E-state index in [0.717, 1.165) is 31.9 Å². The van der Waals surface area contributed by atoms with Gasteiger partial charge in [0.1, 0.15) is 16.4 Å². The van der Waals surface area contributed by atoms with Gasteiger partial charge in [-0.3, -0.25) is 0 Å². The maximum absolute atomic E-state index is 5.26. The number of halogens is 1. The number of ether oxygens (including phenoxy) is 1. The summed E-state index contributed by atoms with van der Waals surface area (Å²) in [7, 11) is 3.45. The van der Waals surface area contributed by atoms with E-state index in [1.54, 1.807) is 25.5 Å². The monoisotopic (exact) mass is 364 g/mol. The van der Waals surface area contributed by atoms with Crippen LogP contribution in [0, 0.1) is 0 Å². The molecule has 2 N–H and O–H groups in total. The van der Waals surface area contributed by atoms with Gasteiger partial charge in [0.25, 0.3) is 0 Å². The Kier molecular flexibility index (Phi) is 3.94. The zero-order valence-corrected chi connectivity index (χ0v) is 13.9. The first-order chi connectivity index (χ1) is 10.2. The third-order valence-corrected chi connectivity index (χ3v) is 4.47. The minimum Gasteiger partial charge on any atom is -0.497 e. The Hall–Kier alpha value is -1.86. The molecular formula is C14H13BrN4OS. The topological polar surface area (TPSA) is 59.1 Å². The molecule has 5 nitrogen and oxygen atoms in total. The van der Waals surface area contributed by atoms with E-state index >= 15 is 0 Å². The zero-order valence-electron chi connectivity index (χ0n) is 11.5. The summed E-state index contributed by atoms with van der Waals surface area (Å²) >= 11 is 5.12. The van der Waals surface area contributed by atoms with Gasteiger partial charge in [-0.15, -0.1) is 11.3 Å². The quantitative estimate of drug-likeness (QED) is 0.724. The summed E-state index contributed by atoms with van der Waals surface area (Å²) in [4.78, 5) is 9.87. The molecule has 1 aromatic carbocycles. The van der Waals surface area contributed by atoms with Crippen LogP contribution in [0.5, 0.6) is 5.75 Å². The number of benzene rings is 1. The van der Waals surface area contributed by atoms with Crippen molar-refractivity contribution in [1.82, 2.24) is 9.97 Å². The smallest absolute Gasteiger partial charge is 0.225 e. The van der Waals surface area contributed by atoms with Crippen LogP contribution in [0.2, 0.25) is 0 Å². The number of hydrogen-bond acceptors (Lipinski definition) is 6. The highest BCUT2D eigenvalue weighted by Crippen LogP contribution is 2.33. The Morgan fingerprint density at radius 2 is 2.10 bits per heavy atom. The maximum Gasteiger partial charge on any atom is 0.225 e. The number of nitrogens with one attached hydrogen (secondary N) is 2. The Balaban J connectivity index is 2.07. The molecule has 0 bridgehead atoms. The number of methoxy groups -OCH3 is 1. The van der Waals surface area contributed by atoms with Crippen LogP contribution in [0.3, 0.4) is 0 Å². The van der Waals surface area contributed by atoms with E-state index in [1.165, 1.54) is 0 Å². The van der Waals surface area contributed by atoms with Crippen molar-refractivity contribution in [2.75, 3.05) is 24.8 Å². The summed E-state index contributed by atoms with van der Waals surface area (Å²) in [5, 5.41) is 9.32. The van der Waals surface area contributed by atoms with Gasteiger partial charge in [-0.05, 0) is 39.5 Å². The average Bonchev–Trinajstić information content (AvgIpc) is 2.98. The van der Waals surface area contributed by atoms with Gasteiger partial charge in [0.15, 0.2) is 0 Å². The van der Waals surface area contributed by atoms with Crippen LogP contribution in [-0.4, -0.2) is 24.1 Å². The molecule has 0 atom stereocenters. The minimum atomic E-state index is 0.589. The van der Waals surface area contributed by atoms with Gasteiger partial charge in [0.2, 0.25) is 5.95 Å². The molecule has 0 saturated heterocycles. The number of fused-ring (bicyclic) bond motifs is 1. The molecule has 0 aliphatic carbocycles. The van der Waals surface area contributed by atoms with Gasteiger partial charge in [-0.25, -0.2) is 4.98 Å². The zero-order chi connectivity index (χ0) is 14.8. The lowest BCUT2D eigenvalue weighted by molar-refractivity contribution is 0.415.